The van der Waals surface area contributed by atoms with Crippen LogP contribution in [0.15, 0.2) is 53.4 Å². The summed E-state index contributed by atoms with van der Waals surface area (Å²) in [6.07, 6.45) is 5.92. The third-order valence-electron chi connectivity index (χ3n) is 5.24. The van der Waals surface area contributed by atoms with Crippen molar-refractivity contribution in [3.05, 3.63) is 54.7 Å². The molecule has 1 fully saturated rings. The first-order valence-corrected chi connectivity index (χ1v) is 9.44. The molecule has 0 saturated carbocycles. The van der Waals surface area contributed by atoms with E-state index in [4.69, 9.17) is 9.40 Å². The van der Waals surface area contributed by atoms with Gasteiger partial charge in [0.05, 0.1) is 12.3 Å². The van der Waals surface area contributed by atoms with E-state index in [1.807, 2.05) is 36.1 Å². The highest BCUT2D eigenvalue weighted by Crippen LogP contribution is 2.32. The van der Waals surface area contributed by atoms with Gasteiger partial charge in [0.2, 0.25) is 0 Å². The smallest absolute Gasteiger partial charge is 0.272 e. The first-order chi connectivity index (χ1) is 13.8. The van der Waals surface area contributed by atoms with E-state index in [1.54, 1.807) is 29.4 Å². The Balaban J connectivity index is 1.50. The number of carbonyl (C=O) groups is 1. The molecular weight excluding hydrogens is 356 g/mol. The second-order valence-electron chi connectivity index (χ2n) is 6.85. The van der Waals surface area contributed by atoms with Gasteiger partial charge in [0.15, 0.2) is 17.2 Å². The molecule has 0 bridgehead atoms. The number of fused-ring (bicyclic) bond motifs is 1. The predicted molar refractivity (Wildman–Crippen MR) is 103 cm³/mol. The molecule has 4 aromatic rings. The molecule has 0 N–H and O–H groups in total. The largest absolute Gasteiger partial charge is 0.461 e. The average molecular weight is 376 g/mol. The van der Waals surface area contributed by atoms with Crippen LogP contribution in [-0.4, -0.2) is 48.2 Å². The summed E-state index contributed by atoms with van der Waals surface area (Å²) in [4.78, 5) is 24.2. The number of furan rings is 1. The maximum absolute atomic E-state index is 13.0. The minimum Gasteiger partial charge on any atom is -0.461 e. The lowest BCUT2D eigenvalue weighted by Gasteiger charge is -2.18. The zero-order valence-corrected chi connectivity index (χ0v) is 15.5. The van der Waals surface area contributed by atoms with E-state index in [-0.39, 0.29) is 11.9 Å². The Morgan fingerprint density at radius 2 is 2.18 bits per heavy atom. The Morgan fingerprint density at radius 3 is 3.00 bits per heavy atom. The second kappa shape index (κ2) is 6.63. The first-order valence-electron chi connectivity index (χ1n) is 9.44. The fourth-order valence-corrected chi connectivity index (χ4v) is 3.92. The number of aromatic nitrogens is 5. The Labute approximate surface area is 161 Å². The monoisotopic (exact) mass is 376 g/mol. The van der Waals surface area contributed by atoms with E-state index < -0.39 is 0 Å². The summed E-state index contributed by atoms with van der Waals surface area (Å²) in [5, 5.41) is 4.22. The first kappa shape index (κ1) is 16.7. The van der Waals surface area contributed by atoms with Gasteiger partial charge in [-0.05, 0) is 43.7 Å². The molecule has 5 heterocycles. The number of hydrogen-bond donors (Lipinski definition) is 0. The van der Waals surface area contributed by atoms with Crippen LogP contribution in [0.1, 0.15) is 29.9 Å². The van der Waals surface area contributed by atoms with Crippen LogP contribution in [0.25, 0.3) is 22.7 Å². The molecular formula is C20H20N6O2. The summed E-state index contributed by atoms with van der Waals surface area (Å²) in [6.45, 7) is 3.94. The maximum atomic E-state index is 13.0. The van der Waals surface area contributed by atoms with Gasteiger partial charge in [0, 0.05) is 32.0 Å². The Bertz CT molecular complexity index is 1130. The lowest BCUT2D eigenvalue weighted by Crippen LogP contribution is -2.31. The van der Waals surface area contributed by atoms with Crippen LogP contribution in [0.3, 0.4) is 0 Å². The molecule has 0 unspecified atom stereocenters. The van der Waals surface area contributed by atoms with E-state index in [0.717, 1.165) is 23.4 Å². The molecule has 1 saturated heterocycles. The lowest BCUT2D eigenvalue weighted by atomic mass is 10.2. The van der Waals surface area contributed by atoms with Gasteiger partial charge < -0.3 is 13.9 Å². The number of likely N-dealkylation sites (tertiary alicyclic amines) is 1. The van der Waals surface area contributed by atoms with Crippen molar-refractivity contribution in [2.24, 2.45) is 0 Å². The van der Waals surface area contributed by atoms with Crippen LogP contribution in [-0.2, 0) is 6.54 Å². The number of pyridine rings is 1. The Kier molecular flexibility index (Phi) is 3.96. The van der Waals surface area contributed by atoms with Crippen LogP contribution >= 0.6 is 0 Å². The molecule has 0 radical (unpaired) electrons. The van der Waals surface area contributed by atoms with Crippen molar-refractivity contribution in [3.8, 4) is 11.6 Å². The molecule has 1 atom stereocenters. The van der Waals surface area contributed by atoms with Gasteiger partial charge >= 0.3 is 0 Å². The van der Waals surface area contributed by atoms with Gasteiger partial charge in [-0.3, -0.25) is 9.48 Å². The number of amides is 1. The third-order valence-corrected chi connectivity index (χ3v) is 5.24. The molecule has 1 amide bonds. The molecule has 0 spiro atoms. The van der Waals surface area contributed by atoms with Crippen molar-refractivity contribution in [2.75, 3.05) is 13.1 Å². The number of aryl methyl sites for hydroxylation is 1. The maximum Gasteiger partial charge on any atom is 0.272 e. The van der Waals surface area contributed by atoms with Gasteiger partial charge in [0.25, 0.3) is 5.91 Å². The summed E-state index contributed by atoms with van der Waals surface area (Å²) < 4.78 is 9.45. The quantitative estimate of drug-likeness (QED) is 0.547. The van der Waals surface area contributed by atoms with Gasteiger partial charge in [0.1, 0.15) is 11.2 Å². The van der Waals surface area contributed by atoms with Crippen LogP contribution < -0.4 is 0 Å². The fraction of sp³-hybridized carbons (Fsp3) is 0.300. The van der Waals surface area contributed by atoms with Crippen molar-refractivity contribution >= 4 is 17.1 Å². The van der Waals surface area contributed by atoms with Crippen molar-refractivity contribution in [2.45, 2.75) is 25.9 Å². The highest BCUT2D eigenvalue weighted by molar-refractivity contribution is 5.92. The molecule has 0 aromatic carbocycles. The zero-order valence-electron chi connectivity index (χ0n) is 15.5. The van der Waals surface area contributed by atoms with Crippen molar-refractivity contribution in [1.82, 2.24) is 29.2 Å². The fourth-order valence-electron chi connectivity index (χ4n) is 3.92. The molecule has 0 aliphatic carbocycles. The van der Waals surface area contributed by atoms with Gasteiger partial charge in [-0.15, -0.1) is 0 Å². The van der Waals surface area contributed by atoms with Gasteiger partial charge in [-0.2, -0.15) is 5.10 Å². The molecule has 1 aliphatic rings. The SMILES string of the molecule is CCn1nccc1C(=O)N1CC[C@@H](n2c(-c3ccco3)nc3cccnc32)C1. The van der Waals surface area contributed by atoms with Crippen LogP contribution in [0.5, 0.6) is 0 Å². The normalized spacial score (nSPS) is 16.9. The zero-order chi connectivity index (χ0) is 19.1. The highest BCUT2D eigenvalue weighted by Gasteiger charge is 2.32. The van der Waals surface area contributed by atoms with E-state index in [9.17, 15) is 4.79 Å². The molecule has 8 nitrogen and oxygen atoms in total. The van der Waals surface area contributed by atoms with Gasteiger partial charge in [-0.25, -0.2) is 9.97 Å². The minimum absolute atomic E-state index is 0.0128. The van der Waals surface area contributed by atoms with E-state index in [0.29, 0.717) is 31.1 Å². The summed E-state index contributed by atoms with van der Waals surface area (Å²) in [5.74, 6) is 1.46. The molecule has 1 aliphatic heterocycles. The minimum atomic E-state index is 0.0128. The molecule has 5 rings (SSSR count). The molecule has 28 heavy (non-hydrogen) atoms. The van der Waals surface area contributed by atoms with E-state index in [2.05, 4.69) is 14.6 Å². The third kappa shape index (κ3) is 2.60. The Hall–Kier alpha value is -3.42. The highest BCUT2D eigenvalue weighted by atomic mass is 16.3. The predicted octanol–water partition coefficient (Wildman–Crippen LogP) is 2.99. The number of imidazole rings is 1. The number of nitrogens with zero attached hydrogens (tertiary/aromatic N) is 6. The van der Waals surface area contributed by atoms with Crippen LogP contribution in [0.4, 0.5) is 0 Å². The molecule has 8 heteroatoms. The lowest BCUT2D eigenvalue weighted by molar-refractivity contribution is 0.0775. The standard InChI is InChI=1S/C20H20N6O2/c1-2-25-16(7-10-22-25)20(27)24-11-8-14(13-24)26-18-15(5-3-9-21-18)23-19(26)17-6-4-12-28-17/h3-7,9-10,12,14H,2,8,11,13H2,1H3/t14-/m1/s1. The van der Waals surface area contributed by atoms with Crippen molar-refractivity contribution in [1.29, 1.82) is 0 Å². The topological polar surface area (TPSA) is 82.0 Å². The van der Waals surface area contributed by atoms with E-state index >= 15 is 0 Å². The summed E-state index contributed by atoms with van der Waals surface area (Å²) in [5.41, 5.74) is 2.26. The van der Waals surface area contributed by atoms with Crippen molar-refractivity contribution in [3.63, 3.8) is 0 Å². The average Bonchev–Trinajstić information content (AvgIpc) is 3.52. The second-order valence-corrected chi connectivity index (χ2v) is 6.85. The van der Waals surface area contributed by atoms with Crippen LogP contribution in [0, 0.1) is 0 Å². The summed E-state index contributed by atoms with van der Waals surface area (Å²) in [6, 6.07) is 9.44. The number of rotatable bonds is 4. The Morgan fingerprint density at radius 1 is 1.25 bits per heavy atom. The molecule has 142 valence electrons. The van der Waals surface area contributed by atoms with Gasteiger partial charge in [-0.1, -0.05) is 0 Å². The summed E-state index contributed by atoms with van der Waals surface area (Å²) in [7, 11) is 0. The summed E-state index contributed by atoms with van der Waals surface area (Å²) >= 11 is 0. The molecule has 4 aromatic heterocycles. The number of carbonyl (C=O) groups excluding carboxylic acids is 1. The van der Waals surface area contributed by atoms with E-state index in [1.165, 1.54) is 0 Å². The van der Waals surface area contributed by atoms with Crippen molar-refractivity contribution < 1.29 is 9.21 Å². The van der Waals surface area contributed by atoms with Crippen LogP contribution in [0.2, 0.25) is 0 Å². The number of hydrogen-bond acceptors (Lipinski definition) is 5.